The minimum Gasteiger partial charge on any atom is -0.390 e. The van der Waals surface area contributed by atoms with Crippen LogP contribution in [0.1, 0.15) is 17.7 Å². The van der Waals surface area contributed by atoms with E-state index < -0.39 is 24.4 Å². The van der Waals surface area contributed by atoms with Crippen LogP contribution in [0.3, 0.4) is 0 Å². The van der Waals surface area contributed by atoms with Crippen molar-refractivity contribution in [1.82, 2.24) is 4.98 Å². The molecule has 0 unspecified atom stereocenters. The molecule has 1 rings (SSSR count). The van der Waals surface area contributed by atoms with Crippen molar-refractivity contribution in [3.8, 4) is 0 Å². The van der Waals surface area contributed by atoms with Crippen LogP contribution in [0.4, 0.5) is 13.2 Å². The molecule has 0 aliphatic carbocycles. The zero-order valence-electron chi connectivity index (χ0n) is 5.97. The predicted molar refractivity (Wildman–Crippen MR) is 35.1 cm³/mol. The summed E-state index contributed by atoms with van der Waals surface area (Å²) < 4.78 is 36.5. The SMILES string of the molecule is OCc1ncc(C(F)F)cc1F. The summed E-state index contributed by atoms with van der Waals surface area (Å²) in [6.45, 7) is -0.588. The van der Waals surface area contributed by atoms with Gasteiger partial charge in [-0.1, -0.05) is 0 Å². The van der Waals surface area contributed by atoms with Gasteiger partial charge in [0, 0.05) is 11.8 Å². The molecule has 0 atom stereocenters. The fourth-order valence-electron chi connectivity index (χ4n) is 0.717. The van der Waals surface area contributed by atoms with Crippen molar-refractivity contribution in [2.75, 3.05) is 0 Å². The van der Waals surface area contributed by atoms with Crippen molar-refractivity contribution >= 4 is 0 Å². The molecule has 0 bridgehead atoms. The molecule has 2 nitrogen and oxygen atoms in total. The highest BCUT2D eigenvalue weighted by Crippen LogP contribution is 2.19. The van der Waals surface area contributed by atoms with Crippen molar-refractivity contribution in [2.45, 2.75) is 13.0 Å². The highest BCUT2D eigenvalue weighted by molar-refractivity contribution is 5.16. The summed E-state index contributed by atoms with van der Waals surface area (Å²) in [4.78, 5) is 3.31. The van der Waals surface area contributed by atoms with Gasteiger partial charge in [-0.05, 0) is 6.07 Å². The topological polar surface area (TPSA) is 33.1 Å². The van der Waals surface area contributed by atoms with Gasteiger partial charge in [-0.25, -0.2) is 13.2 Å². The van der Waals surface area contributed by atoms with Crippen LogP contribution >= 0.6 is 0 Å². The smallest absolute Gasteiger partial charge is 0.265 e. The minimum absolute atomic E-state index is 0.223. The van der Waals surface area contributed by atoms with Crippen LogP contribution in [0, 0.1) is 5.82 Å². The molecule has 0 spiro atoms. The Balaban J connectivity index is 3.02. The van der Waals surface area contributed by atoms with E-state index in [4.69, 9.17) is 5.11 Å². The first-order valence-corrected chi connectivity index (χ1v) is 3.18. The molecule has 0 radical (unpaired) electrons. The quantitative estimate of drug-likeness (QED) is 0.745. The molecule has 0 aromatic carbocycles. The Morgan fingerprint density at radius 1 is 1.50 bits per heavy atom. The monoisotopic (exact) mass is 177 g/mol. The third-order valence-corrected chi connectivity index (χ3v) is 1.34. The molecule has 12 heavy (non-hydrogen) atoms. The Hall–Kier alpha value is -1.10. The fourth-order valence-corrected chi connectivity index (χ4v) is 0.717. The maximum Gasteiger partial charge on any atom is 0.265 e. The lowest BCUT2D eigenvalue weighted by Gasteiger charge is -2.01. The Labute approximate surface area is 66.7 Å². The Kier molecular flexibility index (Phi) is 2.65. The summed E-state index contributed by atoms with van der Waals surface area (Å²) in [5.74, 6) is -0.907. The van der Waals surface area contributed by atoms with Gasteiger partial charge in [-0.3, -0.25) is 4.98 Å². The van der Waals surface area contributed by atoms with Gasteiger partial charge in [0.05, 0.1) is 6.61 Å². The number of aromatic nitrogens is 1. The lowest BCUT2D eigenvalue weighted by atomic mass is 10.2. The van der Waals surface area contributed by atoms with E-state index in [1.165, 1.54) is 0 Å². The lowest BCUT2D eigenvalue weighted by molar-refractivity contribution is 0.150. The summed E-state index contributed by atoms with van der Waals surface area (Å²) in [5.41, 5.74) is -0.705. The highest BCUT2D eigenvalue weighted by atomic mass is 19.3. The zero-order chi connectivity index (χ0) is 9.14. The summed E-state index contributed by atoms with van der Waals surface area (Å²) in [6, 6.07) is 0.670. The maximum atomic E-state index is 12.7. The fraction of sp³-hybridized carbons (Fsp3) is 0.286. The third kappa shape index (κ3) is 1.73. The molecular formula is C7H6F3NO. The molecule has 1 heterocycles. The number of hydrogen-bond acceptors (Lipinski definition) is 2. The molecule has 66 valence electrons. The molecule has 0 amide bonds. The molecule has 0 aliphatic rings. The number of hydrogen-bond donors (Lipinski definition) is 1. The van der Waals surface area contributed by atoms with Crippen molar-refractivity contribution in [1.29, 1.82) is 0 Å². The Bertz CT molecular complexity index is 277. The summed E-state index contributed by atoms with van der Waals surface area (Å²) >= 11 is 0. The molecule has 1 aromatic heterocycles. The van der Waals surface area contributed by atoms with E-state index in [-0.39, 0.29) is 5.69 Å². The number of nitrogens with zero attached hydrogens (tertiary/aromatic N) is 1. The van der Waals surface area contributed by atoms with Crippen molar-refractivity contribution in [2.24, 2.45) is 0 Å². The van der Waals surface area contributed by atoms with E-state index in [2.05, 4.69) is 4.98 Å². The van der Waals surface area contributed by atoms with E-state index >= 15 is 0 Å². The van der Waals surface area contributed by atoms with Gasteiger partial charge < -0.3 is 5.11 Å². The third-order valence-electron chi connectivity index (χ3n) is 1.34. The predicted octanol–water partition coefficient (Wildman–Crippen LogP) is 1.65. The van der Waals surface area contributed by atoms with Crippen LogP contribution in [-0.2, 0) is 6.61 Å². The van der Waals surface area contributed by atoms with Crippen molar-refractivity contribution < 1.29 is 18.3 Å². The van der Waals surface area contributed by atoms with Crippen molar-refractivity contribution in [3.63, 3.8) is 0 Å². The molecule has 0 saturated carbocycles. The molecule has 0 aliphatic heterocycles. The van der Waals surface area contributed by atoms with Gasteiger partial charge in [-0.15, -0.1) is 0 Å². The number of pyridine rings is 1. The second-order valence-electron chi connectivity index (χ2n) is 2.16. The summed E-state index contributed by atoms with van der Waals surface area (Å²) in [6.07, 6.45) is -1.89. The van der Waals surface area contributed by atoms with Crippen molar-refractivity contribution in [3.05, 3.63) is 29.3 Å². The van der Waals surface area contributed by atoms with E-state index in [9.17, 15) is 13.2 Å². The average molecular weight is 177 g/mol. The largest absolute Gasteiger partial charge is 0.390 e. The van der Waals surface area contributed by atoms with Crippen LogP contribution in [0.25, 0.3) is 0 Å². The van der Waals surface area contributed by atoms with Crippen LogP contribution in [0.15, 0.2) is 12.3 Å². The standard InChI is InChI=1S/C7H6F3NO/c8-5-1-4(7(9)10)2-11-6(5)3-12/h1-2,7,12H,3H2. The number of aliphatic hydroxyl groups excluding tert-OH is 1. The molecular weight excluding hydrogens is 171 g/mol. The van der Waals surface area contributed by atoms with Crippen LogP contribution in [-0.4, -0.2) is 10.1 Å². The van der Waals surface area contributed by atoms with Crippen LogP contribution in [0.2, 0.25) is 0 Å². The summed E-state index contributed by atoms with van der Waals surface area (Å²) in [7, 11) is 0. The first-order chi connectivity index (χ1) is 5.65. The molecule has 1 aromatic rings. The van der Waals surface area contributed by atoms with E-state index in [0.29, 0.717) is 6.07 Å². The molecule has 1 N–H and O–H groups in total. The zero-order valence-corrected chi connectivity index (χ0v) is 5.97. The van der Waals surface area contributed by atoms with Gasteiger partial charge in [0.2, 0.25) is 0 Å². The normalized spacial score (nSPS) is 10.8. The van der Waals surface area contributed by atoms with Gasteiger partial charge >= 0.3 is 0 Å². The highest BCUT2D eigenvalue weighted by Gasteiger charge is 2.10. The van der Waals surface area contributed by atoms with E-state index in [1.807, 2.05) is 0 Å². The Morgan fingerprint density at radius 3 is 2.58 bits per heavy atom. The van der Waals surface area contributed by atoms with Gasteiger partial charge in [0.1, 0.15) is 11.5 Å². The number of aliphatic hydroxyl groups is 1. The number of halogens is 3. The molecule has 0 fully saturated rings. The second kappa shape index (κ2) is 3.53. The number of rotatable bonds is 2. The van der Waals surface area contributed by atoms with Gasteiger partial charge in [0.15, 0.2) is 0 Å². The first kappa shape index (κ1) is 8.99. The number of alkyl halides is 2. The van der Waals surface area contributed by atoms with Crippen LogP contribution in [0.5, 0.6) is 0 Å². The van der Waals surface area contributed by atoms with E-state index in [1.54, 1.807) is 0 Å². The lowest BCUT2D eigenvalue weighted by Crippen LogP contribution is -1.97. The van der Waals surface area contributed by atoms with Gasteiger partial charge in [-0.2, -0.15) is 0 Å². The second-order valence-corrected chi connectivity index (χ2v) is 2.16. The summed E-state index contributed by atoms with van der Waals surface area (Å²) in [5, 5.41) is 8.46. The van der Waals surface area contributed by atoms with Crippen LogP contribution < -0.4 is 0 Å². The van der Waals surface area contributed by atoms with E-state index in [0.717, 1.165) is 6.20 Å². The minimum atomic E-state index is -2.74. The van der Waals surface area contributed by atoms with Gasteiger partial charge in [0.25, 0.3) is 6.43 Å². The maximum absolute atomic E-state index is 12.7. The Morgan fingerprint density at radius 2 is 2.17 bits per heavy atom. The molecule has 5 heteroatoms. The average Bonchev–Trinajstić information content (AvgIpc) is 2.04. The first-order valence-electron chi connectivity index (χ1n) is 3.18. The molecule has 0 saturated heterocycles.